The quantitative estimate of drug-likeness (QED) is 0.650. The molecule has 0 aliphatic carbocycles. The molecule has 3 nitrogen and oxygen atoms in total. The normalized spacial score (nSPS) is 32.3. The monoisotopic (exact) mass is 197 g/mol. The third-order valence-electron chi connectivity index (χ3n) is 3.18. The summed E-state index contributed by atoms with van der Waals surface area (Å²) in [6, 6.07) is 0. The second-order valence-corrected chi connectivity index (χ2v) is 4.82. The van der Waals surface area contributed by atoms with Crippen molar-refractivity contribution in [2.75, 3.05) is 6.61 Å². The van der Waals surface area contributed by atoms with Gasteiger partial charge in [-0.3, -0.25) is 0 Å². The lowest BCUT2D eigenvalue weighted by atomic mass is 9.99. The van der Waals surface area contributed by atoms with Crippen molar-refractivity contribution in [3.8, 4) is 0 Å². The average molecular weight is 197 g/mol. The molecule has 2 aliphatic heterocycles. The first kappa shape index (κ1) is 9.97. The van der Waals surface area contributed by atoms with E-state index in [9.17, 15) is 0 Å². The van der Waals surface area contributed by atoms with Gasteiger partial charge >= 0.3 is 0 Å². The molecule has 1 unspecified atom stereocenters. The fourth-order valence-electron chi connectivity index (χ4n) is 2.01. The van der Waals surface area contributed by atoms with Gasteiger partial charge in [0.2, 0.25) is 5.90 Å². The molecule has 0 aromatic heterocycles. The van der Waals surface area contributed by atoms with Crippen molar-refractivity contribution in [3.05, 3.63) is 0 Å². The first-order chi connectivity index (χ1) is 6.53. The number of hydrogen-bond donors (Lipinski definition) is 0. The Bertz CT molecular complexity index is 266. The van der Waals surface area contributed by atoms with Gasteiger partial charge in [0.05, 0.1) is 5.54 Å². The molecule has 1 atom stereocenters. The molecule has 0 amide bonds. The number of nitrogens with zero attached hydrogens (tertiary/aromatic N) is 1. The summed E-state index contributed by atoms with van der Waals surface area (Å²) < 4.78 is 11.3. The van der Waals surface area contributed by atoms with Crippen LogP contribution < -0.4 is 0 Å². The minimum Gasteiger partial charge on any atom is -0.476 e. The highest BCUT2D eigenvalue weighted by atomic mass is 16.6. The minimum absolute atomic E-state index is 0.0270. The first-order valence-corrected chi connectivity index (χ1v) is 5.43. The maximum Gasteiger partial charge on any atom is 0.217 e. The fraction of sp³-hybridized carbons (Fsp3) is 0.909. The van der Waals surface area contributed by atoms with Crippen molar-refractivity contribution in [2.24, 2.45) is 4.99 Å². The molecule has 1 fully saturated rings. The molecule has 80 valence electrons. The van der Waals surface area contributed by atoms with Gasteiger partial charge in [-0.25, -0.2) is 4.99 Å². The van der Waals surface area contributed by atoms with Crippen LogP contribution in [0.1, 0.15) is 40.5 Å². The molecule has 3 heteroatoms. The Morgan fingerprint density at radius 2 is 2.00 bits per heavy atom. The summed E-state index contributed by atoms with van der Waals surface area (Å²) in [5, 5.41) is 0. The second kappa shape index (κ2) is 2.96. The van der Waals surface area contributed by atoms with Crippen molar-refractivity contribution in [3.63, 3.8) is 0 Å². The topological polar surface area (TPSA) is 34.1 Å². The van der Waals surface area contributed by atoms with Gasteiger partial charge in [-0.2, -0.15) is 0 Å². The maximum absolute atomic E-state index is 5.72. The van der Waals surface area contributed by atoms with Crippen LogP contribution >= 0.6 is 0 Å². The van der Waals surface area contributed by atoms with Gasteiger partial charge in [0.1, 0.15) is 12.2 Å². The summed E-state index contributed by atoms with van der Waals surface area (Å²) in [7, 11) is 0. The minimum atomic E-state index is -0.0610. The third kappa shape index (κ3) is 1.44. The predicted octanol–water partition coefficient (Wildman–Crippen LogP) is 2.15. The molecule has 2 rings (SSSR count). The molecule has 2 heterocycles. The molecular formula is C11H19NO2. The Hall–Kier alpha value is -0.570. The Labute approximate surface area is 85.5 Å². The summed E-state index contributed by atoms with van der Waals surface area (Å²) in [5.41, 5.74) is -0.0340. The SMILES string of the molecule is CCC1(CC)OC1C1=NC(C)(C)CO1. The summed E-state index contributed by atoms with van der Waals surface area (Å²) in [6.45, 7) is 9.17. The molecule has 0 bridgehead atoms. The van der Waals surface area contributed by atoms with Gasteiger partial charge < -0.3 is 9.47 Å². The van der Waals surface area contributed by atoms with E-state index >= 15 is 0 Å². The molecule has 0 spiro atoms. The molecule has 0 aromatic carbocycles. The number of rotatable bonds is 3. The second-order valence-electron chi connectivity index (χ2n) is 4.82. The van der Waals surface area contributed by atoms with Crippen LogP contribution in [0.5, 0.6) is 0 Å². The smallest absolute Gasteiger partial charge is 0.217 e. The Kier molecular flexibility index (Phi) is 2.11. The molecule has 1 saturated heterocycles. The highest BCUT2D eigenvalue weighted by Crippen LogP contribution is 2.45. The van der Waals surface area contributed by atoms with E-state index in [1.54, 1.807) is 0 Å². The van der Waals surface area contributed by atoms with Gasteiger partial charge in [-0.15, -0.1) is 0 Å². The number of hydrogen-bond acceptors (Lipinski definition) is 3. The van der Waals surface area contributed by atoms with Crippen LogP contribution in [-0.4, -0.2) is 29.7 Å². The van der Waals surface area contributed by atoms with Crippen LogP contribution in [0.3, 0.4) is 0 Å². The lowest BCUT2D eigenvalue weighted by Gasteiger charge is -2.07. The lowest BCUT2D eigenvalue weighted by molar-refractivity contribution is 0.260. The van der Waals surface area contributed by atoms with Crippen LogP contribution in [0.15, 0.2) is 4.99 Å². The van der Waals surface area contributed by atoms with Crippen molar-refractivity contribution in [1.82, 2.24) is 0 Å². The van der Waals surface area contributed by atoms with E-state index in [2.05, 4.69) is 32.7 Å². The van der Waals surface area contributed by atoms with Gasteiger partial charge in [0.25, 0.3) is 0 Å². The summed E-state index contributed by atoms with van der Waals surface area (Å²) >= 11 is 0. The summed E-state index contributed by atoms with van der Waals surface area (Å²) in [6.07, 6.45) is 2.20. The molecule has 14 heavy (non-hydrogen) atoms. The van der Waals surface area contributed by atoms with Crippen LogP contribution in [0.4, 0.5) is 0 Å². The van der Waals surface area contributed by atoms with Gasteiger partial charge in [0.15, 0.2) is 6.10 Å². The molecule has 0 radical (unpaired) electrons. The number of aliphatic imine (C=N–C) groups is 1. The Balaban J connectivity index is 2.07. The summed E-state index contributed by atoms with van der Waals surface area (Å²) in [5.74, 6) is 0.818. The van der Waals surface area contributed by atoms with E-state index in [4.69, 9.17) is 9.47 Å². The van der Waals surface area contributed by atoms with E-state index in [1.807, 2.05) is 0 Å². The van der Waals surface area contributed by atoms with Crippen molar-refractivity contribution >= 4 is 5.90 Å². The predicted molar refractivity (Wildman–Crippen MR) is 55.7 cm³/mol. The van der Waals surface area contributed by atoms with Gasteiger partial charge in [-0.05, 0) is 26.7 Å². The van der Waals surface area contributed by atoms with Crippen molar-refractivity contribution in [2.45, 2.75) is 57.8 Å². The van der Waals surface area contributed by atoms with E-state index in [0.29, 0.717) is 6.61 Å². The lowest BCUT2D eigenvalue weighted by Crippen LogP contribution is -2.19. The Morgan fingerprint density at radius 3 is 2.36 bits per heavy atom. The maximum atomic E-state index is 5.72. The van der Waals surface area contributed by atoms with E-state index < -0.39 is 0 Å². The highest BCUT2D eigenvalue weighted by molar-refractivity contribution is 5.86. The summed E-state index contributed by atoms with van der Waals surface area (Å²) in [4.78, 5) is 4.54. The van der Waals surface area contributed by atoms with E-state index in [0.717, 1.165) is 18.7 Å². The molecule has 0 saturated carbocycles. The van der Waals surface area contributed by atoms with Crippen LogP contribution in [-0.2, 0) is 9.47 Å². The third-order valence-corrected chi connectivity index (χ3v) is 3.18. The van der Waals surface area contributed by atoms with Crippen LogP contribution in [0.2, 0.25) is 0 Å². The number of ether oxygens (including phenoxy) is 2. The molecule has 2 aliphatic rings. The zero-order chi connectivity index (χ0) is 10.4. The van der Waals surface area contributed by atoms with Crippen LogP contribution in [0.25, 0.3) is 0 Å². The van der Waals surface area contributed by atoms with Crippen molar-refractivity contribution in [1.29, 1.82) is 0 Å². The molecule has 0 aromatic rings. The Morgan fingerprint density at radius 1 is 1.36 bits per heavy atom. The van der Waals surface area contributed by atoms with E-state index in [1.165, 1.54) is 0 Å². The van der Waals surface area contributed by atoms with Crippen LogP contribution in [0, 0.1) is 0 Å². The van der Waals surface area contributed by atoms with E-state index in [-0.39, 0.29) is 17.2 Å². The van der Waals surface area contributed by atoms with Gasteiger partial charge in [0, 0.05) is 0 Å². The van der Waals surface area contributed by atoms with Gasteiger partial charge in [-0.1, -0.05) is 13.8 Å². The fourth-order valence-corrected chi connectivity index (χ4v) is 2.01. The molecule has 0 N–H and O–H groups in total. The largest absolute Gasteiger partial charge is 0.476 e. The number of epoxide rings is 1. The van der Waals surface area contributed by atoms with Crippen molar-refractivity contribution < 1.29 is 9.47 Å². The highest BCUT2D eigenvalue weighted by Gasteiger charge is 2.58. The first-order valence-electron chi connectivity index (χ1n) is 5.43. The standard InChI is InChI=1S/C11H19NO2/c1-5-11(6-2)8(14-11)9-12-10(3,4)7-13-9/h8H,5-7H2,1-4H3. The average Bonchev–Trinajstić information content (AvgIpc) is 2.78. The molecular weight excluding hydrogens is 178 g/mol. The zero-order valence-electron chi connectivity index (χ0n) is 9.46. The zero-order valence-corrected chi connectivity index (χ0v) is 9.46.